The molecule has 37 heavy (non-hydrogen) atoms. The fourth-order valence-electron chi connectivity index (χ4n) is 4.93. The molecule has 2 saturated carbocycles. The van der Waals surface area contributed by atoms with E-state index in [0.29, 0.717) is 0 Å². The number of aliphatic carboxylic acids is 3. The second-order valence-electron chi connectivity index (χ2n) is 9.98. The van der Waals surface area contributed by atoms with Crippen LogP contribution in [0.15, 0.2) is 0 Å². The number of carboxylic acid groups (broad SMARTS) is 3. The molecule has 5 N–H and O–H groups in total. The number of carboxylic acids is 3. The number of nitrogens with one attached hydrogen (secondary N) is 2. The third kappa shape index (κ3) is 13.4. The van der Waals surface area contributed by atoms with Gasteiger partial charge in [0.15, 0.2) is 0 Å². The highest BCUT2D eigenvalue weighted by Crippen LogP contribution is 2.18. The molecule has 2 aliphatic rings. The lowest BCUT2D eigenvalue weighted by Crippen LogP contribution is -2.48. The number of nitrogens with zero attached hydrogens (tertiary/aromatic N) is 3. The van der Waals surface area contributed by atoms with E-state index in [2.05, 4.69) is 10.6 Å². The molecule has 210 valence electrons. The van der Waals surface area contributed by atoms with E-state index in [1.165, 1.54) is 9.80 Å². The minimum absolute atomic E-state index is 0.105. The molecule has 2 rings (SSSR count). The van der Waals surface area contributed by atoms with Gasteiger partial charge in [0.1, 0.15) is 0 Å². The van der Waals surface area contributed by atoms with Crippen molar-refractivity contribution in [1.82, 2.24) is 25.3 Å². The van der Waals surface area contributed by atoms with Crippen molar-refractivity contribution in [1.29, 1.82) is 0 Å². The van der Waals surface area contributed by atoms with Gasteiger partial charge >= 0.3 is 17.9 Å². The van der Waals surface area contributed by atoms with Gasteiger partial charge < -0.3 is 26.0 Å². The van der Waals surface area contributed by atoms with Gasteiger partial charge in [-0.25, -0.2) is 0 Å². The van der Waals surface area contributed by atoms with Gasteiger partial charge in [-0.15, -0.1) is 0 Å². The van der Waals surface area contributed by atoms with Crippen LogP contribution in [0.3, 0.4) is 0 Å². The van der Waals surface area contributed by atoms with Crippen LogP contribution in [0, 0.1) is 0 Å². The quantitative estimate of drug-likeness (QED) is 0.152. The average molecular weight is 528 g/mol. The summed E-state index contributed by atoms with van der Waals surface area (Å²) in [5, 5.41) is 33.7. The summed E-state index contributed by atoms with van der Waals surface area (Å²) in [6, 6.07) is 0.211. The lowest BCUT2D eigenvalue weighted by molar-refractivity contribution is -0.141. The molecular weight excluding hydrogens is 486 g/mol. The molecule has 0 radical (unpaired) electrons. The van der Waals surface area contributed by atoms with Crippen LogP contribution in [-0.4, -0.2) is 131 Å². The first kappa shape index (κ1) is 30.5. The fraction of sp³-hybridized carbons (Fsp3) is 0.792. The van der Waals surface area contributed by atoms with Crippen molar-refractivity contribution >= 4 is 29.7 Å². The summed E-state index contributed by atoms with van der Waals surface area (Å²) in [6.07, 6.45) is 7.82. The number of carbonyl (C=O) groups excluding carboxylic acids is 2. The fourth-order valence-corrected chi connectivity index (χ4v) is 4.93. The molecule has 0 aromatic rings. The first-order chi connectivity index (χ1) is 17.6. The van der Waals surface area contributed by atoms with E-state index in [-0.39, 0.29) is 82.8 Å². The molecule has 2 amide bonds. The van der Waals surface area contributed by atoms with Crippen molar-refractivity contribution < 1.29 is 39.3 Å². The predicted molar refractivity (Wildman–Crippen MR) is 133 cm³/mol. The molecule has 0 saturated heterocycles. The molecule has 2 aliphatic carbocycles. The molecule has 0 aliphatic heterocycles. The zero-order valence-electron chi connectivity index (χ0n) is 21.4. The molecule has 0 heterocycles. The van der Waals surface area contributed by atoms with Crippen molar-refractivity contribution in [3.8, 4) is 0 Å². The molecule has 0 aromatic carbocycles. The summed E-state index contributed by atoms with van der Waals surface area (Å²) in [6.45, 7) is -0.720. The minimum atomic E-state index is -1.10. The Labute approximate surface area is 217 Å². The van der Waals surface area contributed by atoms with E-state index >= 15 is 0 Å². The minimum Gasteiger partial charge on any atom is -0.480 e. The van der Waals surface area contributed by atoms with E-state index in [4.69, 9.17) is 0 Å². The molecule has 13 heteroatoms. The molecule has 13 nitrogen and oxygen atoms in total. The van der Waals surface area contributed by atoms with E-state index in [9.17, 15) is 39.3 Å². The Morgan fingerprint density at radius 3 is 1.14 bits per heavy atom. The summed E-state index contributed by atoms with van der Waals surface area (Å²) in [5.74, 6) is -3.82. The third-order valence-corrected chi connectivity index (χ3v) is 6.72. The maximum absolute atomic E-state index is 12.4. The van der Waals surface area contributed by atoms with Gasteiger partial charge in [0.2, 0.25) is 11.8 Å². The summed E-state index contributed by atoms with van der Waals surface area (Å²) in [7, 11) is 0. The van der Waals surface area contributed by atoms with E-state index in [0.717, 1.165) is 51.4 Å². The van der Waals surface area contributed by atoms with Crippen LogP contribution in [0.1, 0.15) is 51.4 Å². The van der Waals surface area contributed by atoms with Gasteiger partial charge in [-0.2, -0.15) is 0 Å². The second-order valence-corrected chi connectivity index (χ2v) is 9.98. The molecular formula is C24H41N5O8. The van der Waals surface area contributed by atoms with Crippen LogP contribution in [-0.2, 0) is 24.0 Å². The van der Waals surface area contributed by atoms with Gasteiger partial charge in [-0.05, 0) is 25.7 Å². The Hall–Kier alpha value is -2.77. The maximum Gasteiger partial charge on any atom is 0.317 e. The number of carbonyl (C=O) groups is 5. The van der Waals surface area contributed by atoms with E-state index in [1.807, 2.05) is 0 Å². The Bertz CT molecular complexity index is 727. The number of hydrogen-bond donors (Lipinski definition) is 5. The summed E-state index contributed by atoms with van der Waals surface area (Å²) in [4.78, 5) is 63.3. The molecule has 0 atom stereocenters. The van der Waals surface area contributed by atoms with Crippen LogP contribution >= 0.6 is 0 Å². The first-order valence-corrected chi connectivity index (χ1v) is 13.0. The first-order valence-electron chi connectivity index (χ1n) is 13.0. The van der Waals surface area contributed by atoms with Crippen LogP contribution in [0.2, 0.25) is 0 Å². The average Bonchev–Trinajstić information content (AvgIpc) is 3.48. The van der Waals surface area contributed by atoms with E-state index < -0.39 is 17.9 Å². The summed E-state index contributed by atoms with van der Waals surface area (Å²) < 4.78 is 0. The lowest BCUT2D eigenvalue weighted by Gasteiger charge is -2.28. The molecule has 0 unspecified atom stereocenters. The lowest BCUT2D eigenvalue weighted by atomic mass is 10.2. The molecule has 0 aromatic heterocycles. The zero-order valence-corrected chi connectivity index (χ0v) is 21.4. The highest BCUT2D eigenvalue weighted by molar-refractivity contribution is 5.80. The Balaban J connectivity index is 1.90. The largest absolute Gasteiger partial charge is 0.480 e. The van der Waals surface area contributed by atoms with Crippen LogP contribution in [0.25, 0.3) is 0 Å². The molecule has 0 spiro atoms. The van der Waals surface area contributed by atoms with Crippen LogP contribution in [0.5, 0.6) is 0 Å². The zero-order chi connectivity index (χ0) is 27.2. The van der Waals surface area contributed by atoms with Crippen molar-refractivity contribution in [3.63, 3.8) is 0 Å². The van der Waals surface area contributed by atoms with Crippen LogP contribution in [0.4, 0.5) is 0 Å². The summed E-state index contributed by atoms with van der Waals surface area (Å²) in [5.41, 5.74) is 0. The predicted octanol–water partition coefficient (Wildman–Crippen LogP) is -0.736. The van der Waals surface area contributed by atoms with Crippen molar-refractivity contribution in [2.45, 2.75) is 63.5 Å². The monoisotopic (exact) mass is 527 g/mol. The number of rotatable bonds is 18. The Morgan fingerprint density at radius 1 is 0.514 bits per heavy atom. The van der Waals surface area contributed by atoms with Gasteiger partial charge in [-0.3, -0.25) is 38.7 Å². The standard InChI is InChI=1S/C24H41N5O8/c30-20(25-18-5-1-2-6-18)13-28(16-23(34)35)11-9-27(15-22(32)33)10-12-29(17-24(36)37)14-21(31)26-19-7-3-4-8-19/h18-19H,1-17H2,(H,25,30)(H,26,31)(H,32,33)(H,34,35)(H,36,37). The number of amides is 2. The van der Waals surface area contributed by atoms with Crippen molar-refractivity contribution in [3.05, 3.63) is 0 Å². The summed E-state index contributed by atoms with van der Waals surface area (Å²) >= 11 is 0. The van der Waals surface area contributed by atoms with E-state index in [1.54, 1.807) is 4.90 Å². The smallest absolute Gasteiger partial charge is 0.317 e. The highest BCUT2D eigenvalue weighted by Gasteiger charge is 2.23. The van der Waals surface area contributed by atoms with Gasteiger partial charge in [-0.1, -0.05) is 25.7 Å². The Morgan fingerprint density at radius 2 is 0.811 bits per heavy atom. The number of hydrogen-bond acceptors (Lipinski definition) is 8. The maximum atomic E-state index is 12.4. The SMILES string of the molecule is O=C(O)CN(CCN(CC(=O)O)CC(=O)NC1CCCC1)CCN(CC(=O)O)CC(=O)NC1CCCC1. The topological polar surface area (TPSA) is 180 Å². The third-order valence-electron chi connectivity index (χ3n) is 6.72. The highest BCUT2D eigenvalue weighted by atomic mass is 16.4. The van der Waals surface area contributed by atoms with Gasteiger partial charge in [0.05, 0.1) is 32.7 Å². The van der Waals surface area contributed by atoms with Crippen LogP contribution < -0.4 is 10.6 Å². The second kappa shape index (κ2) is 16.2. The van der Waals surface area contributed by atoms with Gasteiger partial charge in [0.25, 0.3) is 0 Å². The van der Waals surface area contributed by atoms with Crippen molar-refractivity contribution in [2.75, 3.05) is 58.9 Å². The van der Waals surface area contributed by atoms with Gasteiger partial charge in [0, 0.05) is 38.3 Å². The molecule has 0 bridgehead atoms. The Kier molecular flexibility index (Phi) is 13.3. The van der Waals surface area contributed by atoms with Crippen molar-refractivity contribution in [2.24, 2.45) is 0 Å². The molecule has 2 fully saturated rings. The normalized spacial score (nSPS) is 16.5.